The van der Waals surface area contributed by atoms with E-state index in [2.05, 4.69) is 59.3 Å². The smallest absolute Gasteiger partial charge is 0.0652 e. The van der Waals surface area contributed by atoms with E-state index >= 15 is 0 Å². The normalized spacial score (nSPS) is 11.3. The van der Waals surface area contributed by atoms with E-state index in [-0.39, 0.29) is 0 Å². The van der Waals surface area contributed by atoms with Gasteiger partial charge in [0.1, 0.15) is 0 Å². The van der Waals surface area contributed by atoms with Crippen molar-refractivity contribution in [3.05, 3.63) is 130 Å². The first-order valence-electron chi connectivity index (χ1n) is 10.6. The molecule has 0 aliphatic heterocycles. The molecule has 5 aromatic rings. The molecule has 0 aliphatic carbocycles. The molecule has 4 aromatic carbocycles. The van der Waals surface area contributed by atoms with Crippen LogP contribution in [0.15, 0.2) is 114 Å². The zero-order valence-electron chi connectivity index (χ0n) is 17.8. The number of nitrogens with zero attached hydrogens (tertiary/aromatic N) is 3. The van der Waals surface area contributed by atoms with Crippen LogP contribution in [0.5, 0.6) is 0 Å². The number of anilines is 2. The first-order valence-corrected chi connectivity index (χ1v) is 11.4. The summed E-state index contributed by atoms with van der Waals surface area (Å²) in [6, 6.07) is 34.4. The van der Waals surface area contributed by atoms with Crippen molar-refractivity contribution in [2.45, 2.75) is 6.54 Å². The molecule has 0 unspecified atom stereocenters. The minimum atomic E-state index is 0.563. The number of halogens is 2. The molecule has 0 saturated carbocycles. The molecular weight excluding hydrogens is 449 g/mol. The maximum Gasteiger partial charge on any atom is 0.0652 e. The van der Waals surface area contributed by atoms with Gasteiger partial charge < -0.3 is 4.57 Å². The van der Waals surface area contributed by atoms with Crippen molar-refractivity contribution in [1.29, 1.82) is 0 Å². The standard InChI is InChI=1S/C28H21Cl2N3/c29-26-16-15-21(17-27(26)30)19-32-20-22(25-13-7-8-14-28(25)32)18-31-33(23-9-3-1-4-10-23)24-11-5-2-6-12-24/h1-18,20H,19H2/b31-18-. The summed E-state index contributed by atoms with van der Waals surface area (Å²) in [6.07, 6.45) is 4.05. The number of fused-ring (bicyclic) bond motifs is 1. The lowest BCUT2D eigenvalue weighted by Gasteiger charge is -2.19. The van der Waals surface area contributed by atoms with Crippen LogP contribution in [-0.4, -0.2) is 10.8 Å². The number of rotatable bonds is 6. The van der Waals surface area contributed by atoms with Gasteiger partial charge in [-0.2, -0.15) is 5.10 Å². The molecule has 162 valence electrons. The number of benzene rings is 4. The molecule has 0 atom stereocenters. The molecule has 5 rings (SSSR count). The molecule has 33 heavy (non-hydrogen) atoms. The van der Waals surface area contributed by atoms with Gasteiger partial charge in [0.05, 0.1) is 27.6 Å². The molecule has 0 N–H and O–H groups in total. The van der Waals surface area contributed by atoms with Crippen molar-refractivity contribution in [2.24, 2.45) is 5.10 Å². The summed E-state index contributed by atoms with van der Waals surface area (Å²) in [4.78, 5) is 0. The van der Waals surface area contributed by atoms with Gasteiger partial charge in [-0.1, -0.05) is 83.9 Å². The third-order valence-corrected chi connectivity index (χ3v) is 6.21. The number of hydrazone groups is 1. The van der Waals surface area contributed by atoms with Crippen molar-refractivity contribution >= 4 is 51.7 Å². The summed E-state index contributed by atoms with van der Waals surface area (Å²) >= 11 is 12.3. The predicted molar refractivity (Wildman–Crippen MR) is 140 cm³/mol. The highest BCUT2D eigenvalue weighted by Crippen LogP contribution is 2.27. The zero-order valence-corrected chi connectivity index (χ0v) is 19.3. The Balaban J connectivity index is 1.53. The average molecular weight is 470 g/mol. The molecule has 0 amide bonds. The summed E-state index contributed by atoms with van der Waals surface area (Å²) in [5.74, 6) is 0. The van der Waals surface area contributed by atoms with E-state index in [1.54, 1.807) is 0 Å². The Kier molecular flexibility index (Phi) is 6.16. The largest absolute Gasteiger partial charge is 0.342 e. The van der Waals surface area contributed by atoms with Crippen LogP contribution >= 0.6 is 23.2 Å². The highest BCUT2D eigenvalue weighted by atomic mass is 35.5. The molecule has 0 fully saturated rings. The zero-order chi connectivity index (χ0) is 22.6. The summed E-state index contributed by atoms with van der Waals surface area (Å²) in [5, 5.41) is 9.10. The lowest BCUT2D eigenvalue weighted by Crippen LogP contribution is -2.09. The molecule has 1 aromatic heterocycles. The third-order valence-electron chi connectivity index (χ3n) is 5.47. The van der Waals surface area contributed by atoms with E-state index < -0.39 is 0 Å². The Morgan fingerprint density at radius 3 is 2.03 bits per heavy atom. The number of para-hydroxylation sites is 3. The van der Waals surface area contributed by atoms with Crippen LogP contribution in [0.3, 0.4) is 0 Å². The summed E-state index contributed by atoms with van der Waals surface area (Å²) < 4.78 is 2.21. The van der Waals surface area contributed by atoms with Crippen LogP contribution in [0.2, 0.25) is 10.0 Å². The topological polar surface area (TPSA) is 20.5 Å². The lowest BCUT2D eigenvalue weighted by molar-refractivity contribution is 0.836. The number of aromatic nitrogens is 1. The van der Waals surface area contributed by atoms with Crippen LogP contribution in [0.1, 0.15) is 11.1 Å². The van der Waals surface area contributed by atoms with Gasteiger partial charge in [0.15, 0.2) is 0 Å². The second kappa shape index (κ2) is 9.53. The Bertz CT molecular complexity index is 1370. The van der Waals surface area contributed by atoms with E-state index in [0.29, 0.717) is 16.6 Å². The fourth-order valence-corrected chi connectivity index (χ4v) is 4.20. The lowest BCUT2D eigenvalue weighted by atomic mass is 10.2. The van der Waals surface area contributed by atoms with Gasteiger partial charge in [-0.25, -0.2) is 5.01 Å². The van der Waals surface area contributed by atoms with Gasteiger partial charge in [0.25, 0.3) is 0 Å². The molecule has 0 radical (unpaired) electrons. The van der Waals surface area contributed by atoms with Gasteiger partial charge >= 0.3 is 0 Å². The first kappa shape index (κ1) is 21.3. The molecule has 1 heterocycles. The van der Waals surface area contributed by atoms with Crippen LogP contribution < -0.4 is 5.01 Å². The summed E-state index contributed by atoms with van der Waals surface area (Å²) in [7, 11) is 0. The second-order valence-electron chi connectivity index (χ2n) is 7.71. The van der Waals surface area contributed by atoms with Crippen LogP contribution in [0.25, 0.3) is 10.9 Å². The minimum Gasteiger partial charge on any atom is -0.342 e. The molecule has 0 bridgehead atoms. The first-order chi connectivity index (χ1) is 16.2. The molecule has 5 heteroatoms. The SMILES string of the molecule is Clc1ccc(Cn2cc(/C=N\N(c3ccccc3)c3ccccc3)c3ccccc32)cc1Cl. The Labute approximate surface area is 203 Å². The maximum atomic E-state index is 6.24. The highest BCUT2D eigenvalue weighted by Gasteiger charge is 2.10. The minimum absolute atomic E-state index is 0.563. The van der Waals surface area contributed by atoms with Crippen LogP contribution in [0, 0.1) is 0 Å². The molecule has 0 spiro atoms. The number of hydrogen-bond donors (Lipinski definition) is 0. The van der Waals surface area contributed by atoms with Crippen molar-refractivity contribution in [3.8, 4) is 0 Å². The monoisotopic (exact) mass is 469 g/mol. The van der Waals surface area contributed by atoms with Crippen molar-refractivity contribution in [1.82, 2.24) is 4.57 Å². The van der Waals surface area contributed by atoms with Crippen molar-refractivity contribution in [3.63, 3.8) is 0 Å². The van der Waals surface area contributed by atoms with Gasteiger partial charge in [0, 0.05) is 29.2 Å². The molecular formula is C28H21Cl2N3. The second-order valence-corrected chi connectivity index (χ2v) is 8.52. The third kappa shape index (κ3) is 4.65. The Morgan fingerprint density at radius 2 is 1.36 bits per heavy atom. The fraction of sp³-hybridized carbons (Fsp3) is 0.0357. The van der Waals surface area contributed by atoms with Gasteiger partial charge in [-0.05, 0) is 48.0 Å². The summed E-state index contributed by atoms with van der Waals surface area (Å²) in [6.45, 7) is 0.687. The summed E-state index contributed by atoms with van der Waals surface area (Å²) in [5.41, 5.74) is 5.27. The fourth-order valence-electron chi connectivity index (χ4n) is 3.88. The maximum absolute atomic E-state index is 6.24. The molecule has 0 saturated heterocycles. The van der Waals surface area contributed by atoms with Gasteiger partial charge in [-0.3, -0.25) is 0 Å². The Hall–Kier alpha value is -3.53. The predicted octanol–water partition coefficient (Wildman–Crippen LogP) is 8.17. The van der Waals surface area contributed by atoms with Crippen molar-refractivity contribution in [2.75, 3.05) is 5.01 Å². The van der Waals surface area contributed by atoms with Crippen LogP contribution in [0.4, 0.5) is 11.4 Å². The molecule has 3 nitrogen and oxygen atoms in total. The van der Waals surface area contributed by atoms with Gasteiger partial charge in [-0.15, -0.1) is 0 Å². The van der Waals surface area contributed by atoms with E-state index in [4.69, 9.17) is 28.3 Å². The average Bonchev–Trinajstić information content (AvgIpc) is 3.20. The van der Waals surface area contributed by atoms with E-state index in [0.717, 1.165) is 33.4 Å². The van der Waals surface area contributed by atoms with E-state index in [9.17, 15) is 0 Å². The molecule has 0 aliphatic rings. The van der Waals surface area contributed by atoms with Gasteiger partial charge in [0.2, 0.25) is 0 Å². The van der Waals surface area contributed by atoms with E-state index in [1.165, 1.54) is 0 Å². The number of hydrogen-bond acceptors (Lipinski definition) is 2. The quantitative estimate of drug-likeness (QED) is 0.181. The van der Waals surface area contributed by atoms with Crippen LogP contribution in [-0.2, 0) is 6.54 Å². The van der Waals surface area contributed by atoms with E-state index in [1.807, 2.05) is 65.8 Å². The van der Waals surface area contributed by atoms with Crippen molar-refractivity contribution < 1.29 is 0 Å². The Morgan fingerprint density at radius 1 is 0.727 bits per heavy atom. The highest BCUT2D eigenvalue weighted by molar-refractivity contribution is 6.42.